The van der Waals surface area contributed by atoms with Crippen LogP contribution < -0.4 is 5.32 Å². The van der Waals surface area contributed by atoms with Crippen molar-refractivity contribution in [3.05, 3.63) is 0 Å². The zero-order valence-corrected chi connectivity index (χ0v) is 13.8. The van der Waals surface area contributed by atoms with Crippen molar-refractivity contribution in [3.8, 4) is 0 Å². The lowest BCUT2D eigenvalue weighted by molar-refractivity contribution is -0.138. The molecule has 1 aliphatic carbocycles. The van der Waals surface area contributed by atoms with E-state index in [-0.39, 0.29) is 11.2 Å². The average Bonchev–Trinajstić information content (AvgIpc) is 2.48. The summed E-state index contributed by atoms with van der Waals surface area (Å²) in [5, 5.41) is 3.56. The Morgan fingerprint density at radius 3 is 2.60 bits per heavy atom. The molecule has 1 heterocycles. The van der Waals surface area contributed by atoms with E-state index in [0.29, 0.717) is 12.0 Å². The SMILES string of the molecule is CCC(C)(OC)C(NC)C1CCOC2(CCCCC2)C1. The second-order valence-electron chi connectivity index (χ2n) is 6.98. The van der Waals surface area contributed by atoms with Crippen LogP contribution in [0.4, 0.5) is 0 Å². The van der Waals surface area contributed by atoms with E-state index < -0.39 is 0 Å². The molecule has 3 unspecified atom stereocenters. The second-order valence-corrected chi connectivity index (χ2v) is 6.98. The maximum Gasteiger partial charge on any atom is 0.0803 e. The van der Waals surface area contributed by atoms with Crippen molar-refractivity contribution < 1.29 is 9.47 Å². The van der Waals surface area contributed by atoms with Gasteiger partial charge in [-0.25, -0.2) is 0 Å². The smallest absolute Gasteiger partial charge is 0.0803 e. The molecule has 118 valence electrons. The highest BCUT2D eigenvalue weighted by Crippen LogP contribution is 2.43. The van der Waals surface area contributed by atoms with E-state index in [0.717, 1.165) is 19.4 Å². The summed E-state index contributed by atoms with van der Waals surface area (Å²) in [5.41, 5.74) is 0.102. The van der Waals surface area contributed by atoms with Gasteiger partial charge in [0.2, 0.25) is 0 Å². The number of nitrogens with one attached hydrogen (secondary N) is 1. The predicted octanol–water partition coefficient (Wildman–Crippen LogP) is 3.52. The first-order chi connectivity index (χ1) is 9.59. The number of ether oxygens (including phenoxy) is 2. The summed E-state index contributed by atoms with van der Waals surface area (Å²) in [5.74, 6) is 0.664. The Labute approximate surface area is 124 Å². The van der Waals surface area contributed by atoms with Gasteiger partial charge < -0.3 is 14.8 Å². The Kier molecular flexibility index (Phi) is 5.49. The van der Waals surface area contributed by atoms with Gasteiger partial charge in [-0.3, -0.25) is 0 Å². The monoisotopic (exact) mass is 283 g/mol. The highest BCUT2D eigenvalue weighted by Gasteiger charge is 2.45. The summed E-state index contributed by atoms with van der Waals surface area (Å²) in [6, 6.07) is 0.417. The van der Waals surface area contributed by atoms with E-state index in [1.807, 2.05) is 7.11 Å². The molecule has 2 rings (SSSR count). The number of likely N-dealkylation sites (N-methyl/N-ethyl adjacent to an activating group) is 1. The molecule has 0 aromatic rings. The lowest BCUT2D eigenvalue weighted by Crippen LogP contribution is -2.56. The molecule has 0 aromatic carbocycles. The molecule has 1 saturated carbocycles. The van der Waals surface area contributed by atoms with Crippen molar-refractivity contribution in [1.29, 1.82) is 0 Å². The van der Waals surface area contributed by atoms with Gasteiger partial charge in [-0.1, -0.05) is 26.2 Å². The highest BCUT2D eigenvalue weighted by molar-refractivity contribution is 4.98. The molecule has 3 heteroatoms. The molecule has 0 aromatic heterocycles. The third kappa shape index (κ3) is 3.20. The molecule has 1 N–H and O–H groups in total. The van der Waals surface area contributed by atoms with Gasteiger partial charge in [0.25, 0.3) is 0 Å². The summed E-state index contributed by atoms with van der Waals surface area (Å²) < 4.78 is 12.1. The van der Waals surface area contributed by atoms with Gasteiger partial charge in [0, 0.05) is 19.8 Å². The Bertz CT molecular complexity index is 290. The van der Waals surface area contributed by atoms with Gasteiger partial charge in [0.1, 0.15) is 0 Å². The lowest BCUT2D eigenvalue weighted by atomic mass is 9.71. The number of hydrogen-bond acceptors (Lipinski definition) is 3. The molecule has 1 aliphatic heterocycles. The third-order valence-corrected chi connectivity index (χ3v) is 5.90. The van der Waals surface area contributed by atoms with Crippen LogP contribution in [0.2, 0.25) is 0 Å². The minimum absolute atomic E-state index is 0.0768. The van der Waals surface area contributed by atoms with Crippen LogP contribution in [-0.2, 0) is 9.47 Å². The molecule has 0 amide bonds. The van der Waals surface area contributed by atoms with Crippen molar-refractivity contribution in [2.75, 3.05) is 20.8 Å². The molecule has 0 radical (unpaired) electrons. The minimum Gasteiger partial charge on any atom is -0.377 e. The minimum atomic E-state index is -0.0768. The van der Waals surface area contributed by atoms with E-state index in [4.69, 9.17) is 9.47 Å². The van der Waals surface area contributed by atoms with E-state index in [1.165, 1.54) is 38.5 Å². The maximum atomic E-state index is 6.24. The fraction of sp³-hybridized carbons (Fsp3) is 1.00. The first kappa shape index (κ1) is 16.3. The highest BCUT2D eigenvalue weighted by atomic mass is 16.5. The summed E-state index contributed by atoms with van der Waals surface area (Å²) in [4.78, 5) is 0. The molecule has 1 spiro atoms. The van der Waals surface area contributed by atoms with Crippen LogP contribution in [0.25, 0.3) is 0 Å². The Hall–Kier alpha value is -0.120. The fourth-order valence-electron chi connectivity index (χ4n) is 4.43. The quantitative estimate of drug-likeness (QED) is 0.837. The van der Waals surface area contributed by atoms with Crippen molar-refractivity contribution in [1.82, 2.24) is 5.32 Å². The van der Waals surface area contributed by atoms with Gasteiger partial charge in [-0.2, -0.15) is 0 Å². The molecule has 3 nitrogen and oxygen atoms in total. The zero-order valence-electron chi connectivity index (χ0n) is 13.8. The van der Waals surface area contributed by atoms with Crippen LogP contribution >= 0.6 is 0 Å². The largest absolute Gasteiger partial charge is 0.377 e. The van der Waals surface area contributed by atoms with Crippen LogP contribution in [0, 0.1) is 5.92 Å². The van der Waals surface area contributed by atoms with Crippen LogP contribution in [0.3, 0.4) is 0 Å². The van der Waals surface area contributed by atoms with Crippen LogP contribution in [0.1, 0.15) is 65.2 Å². The molecule has 20 heavy (non-hydrogen) atoms. The number of methoxy groups -OCH3 is 1. The number of hydrogen-bond donors (Lipinski definition) is 1. The van der Waals surface area contributed by atoms with Crippen LogP contribution in [0.15, 0.2) is 0 Å². The predicted molar refractivity (Wildman–Crippen MR) is 83.0 cm³/mol. The summed E-state index contributed by atoms with van der Waals surface area (Å²) in [7, 11) is 3.93. The van der Waals surface area contributed by atoms with Crippen molar-refractivity contribution >= 4 is 0 Å². The van der Waals surface area contributed by atoms with Gasteiger partial charge >= 0.3 is 0 Å². The van der Waals surface area contributed by atoms with E-state index in [9.17, 15) is 0 Å². The zero-order chi connectivity index (χ0) is 14.6. The number of rotatable bonds is 5. The average molecular weight is 283 g/mol. The second kappa shape index (κ2) is 6.76. The topological polar surface area (TPSA) is 30.5 Å². The van der Waals surface area contributed by atoms with E-state index in [2.05, 4.69) is 26.2 Å². The Morgan fingerprint density at radius 1 is 1.35 bits per heavy atom. The van der Waals surface area contributed by atoms with Crippen molar-refractivity contribution in [3.63, 3.8) is 0 Å². The molecule has 3 atom stereocenters. The lowest BCUT2D eigenvalue weighted by Gasteiger charge is -2.49. The van der Waals surface area contributed by atoms with Gasteiger partial charge in [-0.05, 0) is 52.0 Å². The molecule has 2 fully saturated rings. The van der Waals surface area contributed by atoms with Gasteiger partial charge in [-0.15, -0.1) is 0 Å². The van der Waals surface area contributed by atoms with Gasteiger partial charge in [0.05, 0.1) is 11.2 Å². The first-order valence-corrected chi connectivity index (χ1v) is 8.45. The first-order valence-electron chi connectivity index (χ1n) is 8.45. The molecular formula is C17H33NO2. The van der Waals surface area contributed by atoms with Crippen LogP contribution in [0.5, 0.6) is 0 Å². The Balaban J connectivity index is 2.09. The third-order valence-electron chi connectivity index (χ3n) is 5.90. The van der Waals surface area contributed by atoms with Crippen molar-refractivity contribution in [2.24, 2.45) is 5.92 Å². The standard InChI is InChI=1S/C17H33NO2/c1-5-16(2,19-4)15(18-3)14-9-12-20-17(13-14)10-7-6-8-11-17/h14-15,18H,5-13H2,1-4H3. The van der Waals surface area contributed by atoms with Crippen LogP contribution in [-0.4, -0.2) is 38.0 Å². The summed E-state index contributed by atoms with van der Waals surface area (Å²) in [6.45, 7) is 5.40. The molecule has 0 bridgehead atoms. The maximum absolute atomic E-state index is 6.24. The Morgan fingerprint density at radius 2 is 2.05 bits per heavy atom. The van der Waals surface area contributed by atoms with E-state index in [1.54, 1.807) is 0 Å². The van der Waals surface area contributed by atoms with E-state index >= 15 is 0 Å². The molecule has 1 saturated heterocycles. The molecular weight excluding hydrogens is 250 g/mol. The van der Waals surface area contributed by atoms with Crippen molar-refractivity contribution in [2.45, 2.75) is 82.5 Å². The summed E-state index contributed by atoms with van der Waals surface area (Å²) in [6.07, 6.45) is 9.99. The van der Waals surface area contributed by atoms with Gasteiger partial charge in [0.15, 0.2) is 0 Å². The summed E-state index contributed by atoms with van der Waals surface area (Å²) >= 11 is 0. The molecule has 2 aliphatic rings. The normalized spacial score (nSPS) is 30.9. The fourth-order valence-corrected chi connectivity index (χ4v) is 4.43.